The molecule has 18 heavy (non-hydrogen) atoms. The lowest BCUT2D eigenvalue weighted by Crippen LogP contribution is -1.86. The molecular weight excluding hydrogens is 249 g/mol. The number of halogens is 1. The molecule has 0 aliphatic heterocycles. The Bertz CT molecular complexity index is 675. The largest absolute Gasteiger partial charge is 0.337 e. The summed E-state index contributed by atoms with van der Waals surface area (Å²) in [4.78, 5) is 12.3. The molecule has 90 valence electrons. The van der Waals surface area contributed by atoms with Crippen LogP contribution in [0.1, 0.15) is 0 Å². The zero-order chi connectivity index (χ0) is 12.5. The third kappa shape index (κ3) is 1.86. The van der Waals surface area contributed by atoms with Crippen LogP contribution in [-0.2, 0) is 0 Å². The predicted molar refractivity (Wildman–Crippen MR) is 71.1 cm³/mol. The summed E-state index contributed by atoms with van der Waals surface area (Å²) >= 11 is 1.51. The van der Waals surface area contributed by atoms with E-state index < -0.39 is 0 Å². The van der Waals surface area contributed by atoms with Gasteiger partial charge in [0, 0.05) is 11.1 Å². The van der Waals surface area contributed by atoms with Crippen molar-refractivity contribution < 1.29 is 4.39 Å². The van der Waals surface area contributed by atoms with Crippen LogP contribution in [0.3, 0.4) is 0 Å². The molecule has 0 aliphatic rings. The Morgan fingerprint density at radius 2 is 2.17 bits per heavy atom. The third-order valence-electron chi connectivity index (χ3n) is 2.71. The molecule has 0 fully saturated rings. The number of hydrogen-bond acceptors (Lipinski definition) is 3. The van der Waals surface area contributed by atoms with E-state index in [1.54, 1.807) is 24.5 Å². The van der Waals surface area contributed by atoms with Crippen LogP contribution in [-0.4, -0.2) is 21.2 Å². The Morgan fingerprint density at radius 3 is 2.89 bits per heavy atom. The molecule has 2 heterocycles. The lowest BCUT2D eigenvalue weighted by Gasteiger charge is -2.01. The van der Waals surface area contributed by atoms with Gasteiger partial charge < -0.3 is 4.98 Å². The van der Waals surface area contributed by atoms with Gasteiger partial charge in [0.2, 0.25) is 0 Å². The number of nitrogens with zero attached hydrogens (tertiary/aromatic N) is 2. The van der Waals surface area contributed by atoms with Crippen molar-refractivity contribution in [2.75, 3.05) is 6.26 Å². The standard InChI is InChI=1S/C13H10FN3S/c1-18-8-2-3-9(10(14)6-8)13-16-11-4-5-15-7-12(11)17-13/h2-7H,1H3,(H,16,17). The van der Waals surface area contributed by atoms with E-state index in [-0.39, 0.29) is 5.82 Å². The summed E-state index contributed by atoms with van der Waals surface area (Å²) in [5.74, 6) is 0.261. The van der Waals surface area contributed by atoms with Crippen molar-refractivity contribution in [1.29, 1.82) is 0 Å². The van der Waals surface area contributed by atoms with Crippen LogP contribution in [0, 0.1) is 5.82 Å². The Morgan fingerprint density at radius 1 is 1.28 bits per heavy atom. The number of pyridine rings is 1. The first-order chi connectivity index (χ1) is 8.78. The highest BCUT2D eigenvalue weighted by molar-refractivity contribution is 7.98. The SMILES string of the molecule is CSc1ccc(-c2nc3ccncc3[nH]2)c(F)c1. The zero-order valence-electron chi connectivity index (χ0n) is 9.64. The molecule has 0 amide bonds. The topological polar surface area (TPSA) is 41.6 Å². The first kappa shape index (κ1) is 11.2. The Hall–Kier alpha value is -1.88. The van der Waals surface area contributed by atoms with Gasteiger partial charge >= 0.3 is 0 Å². The molecule has 0 atom stereocenters. The average molecular weight is 259 g/mol. The van der Waals surface area contributed by atoms with Gasteiger partial charge in [0.15, 0.2) is 0 Å². The van der Waals surface area contributed by atoms with Gasteiger partial charge in [-0.3, -0.25) is 4.98 Å². The van der Waals surface area contributed by atoms with Crippen molar-refractivity contribution >= 4 is 22.8 Å². The van der Waals surface area contributed by atoms with Crippen molar-refractivity contribution in [1.82, 2.24) is 15.0 Å². The molecular formula is C13H10FN3S. The van der Waals surface area contributed by atoms with Gasteiger partial charge in [0.1, 0.15) is 11.6 Å². The molecule has 2 aromatic heterocycles. The van der Waals surface area contributed by atoms with Crippen LogP contribution in [0.5, 0.6) is 0 Å². The fourth-order valence-electron chi connectivity index (χ4n) is 1.80. The number of imidazole rings is 1. The summed E-state index contributed by atoms with van der Waals surface area (Å²) in [5, 5.41) is 0. The fourth-order valence-corrected chi connectivity index (χ4v) is 2.22. The first-order valence-corrected chi connectivity index (χ1v) is 6.64. The molecule has 0 saturated carbocycles. The van der Waals surface area contributed by atoms with E-state index in [0.717, 1.165) is 15.9 Å². The molecule has 1 N–H and O–H groups in total. The Kier molecular flexibility index (Phi) is 2.76. The molecule has 3 rings (SSSR count). The van der Waals surface area contributed by atoms with Gasteiger partial charge in [-0.25, -0.2) is 9.37 Å². The van der Waals surface area contributed by atoms with E-state index >= 15 is 0 Å². The minimum Gasteiger partial charge on any atom is -0.337 e. The second-order valence-electron chi connectivity index (χ2n) is 3.82. The minimum atomic E-state index is -0.270. The van der Waals surface area contributed by atoms with Gasteiger partial charge in [0.25, 0.3) is 0 Å². The molecule has 0 aliphatic carbocycles. The summed E-state index contributed by atoms with van der Waals surface area (Å²) in [7, 11) is 0. The van der Waals surface area contributed by atoms with E-state index in [1.807, 2.05) is 12.3 Å². The highest BCUT2D eigenvalue weighted by Crippen LogP contribution is 2.26. The molecule has 3 aromatic rings. The second-order valence-corrected chi connectivity index (χ2v) is 4.70. The van der Waals surface area contributed by atoms with Crippen molar-refractivity contribution in [3.63, 3.8) is 0 Å². The molecule has 3 nitrogen and oxygen atoms in total. The van der Waals surface area contributed by atoms with Crippen LogP contribution in [0.15, 0.2) is 41.6 Å². The second kappa shape index (κ2) is 4.42. The number of aromatic nitrogens is 3. The lowest BCUT2D eigenvalue weighted by atomic mass is 10.2. The van der Waals surface area contributed by atoms with E-state index in [0.29, 0.717) is 11.4 Å². The monoisotopic (exact) mass is 259 g/mol. The number of H-pyrrole nitrogens is 1. The smallest absolute Gasteiger partial charge is 0.141 e. The molecule has 0 spiro atoms. The summed E-state index contributed by atoms with van der Waals surface area (Å²) in [6, 6.07) is 6.94. The van der Waals surface area contributed by atoms with Crippen molar-refractivity contribution in [2.45, 2.75) is 4.90 Å². The normalized spacial score (nSPS) is 11.0. The molecule has 0 radical (unpaired) electrons. The van der Waals surface area contributed by atoms with Gasteiger partial charge in [-0.1, -0.05) is 0 Å². The Labute approximate surface area is 107 Å². The maximum atomic E-state index is 14.0. The van der Waals surface area contributed by atoms with Gasteiger partial charge in [-0.05, 0) is 30.5 Å². The van der Waals surface area contributed by atoms with Crippen molar-refractivity contribution in [3.05, 3.63) is 42.5 Å². The molecule has 0 bridgehead atoms. The summed E-state index contributed by atoms with van der Waals surface area (Å²) in [6.45, 7) is 0. The van der Waals surface area contributed by atoms with E-state index in [4.69, 9.17) is 0 Å². The zero-order valence-corrected chi connectivity index (χ0v) is 10.5. The number of fused-ring (bicyclic) bond motifs is 1. The van der Waals surface area contributed by atoms with Crippen LogP contribution in [0.25, 0.3) is 22.4 Å². The van der Waals surface area contributed by atoms with E-state index in [9.17, 15) is 4.39 Å². The van der Waals surface area contributed by atoms with E-state index in [1.165, 1.54) is 17.8 Å². The maximum absolute atomic E-state index is 14.0. The van der Waals surface area contributed by atoms with Gasteiger partial charge in [-0.15, -0.1) is 11.8 Å². The average Bonchev–Trinajstić information content (AvgIpc) is 2.81. The maximum Gasteiger partial charge on any atom is 0.141 e. The molecule has 1 aromatic carbocycles. The minimum absolute atomic E-state index is 0.270. The van der Waals surface area contributed by atoms with Crippen LogP contribution < -0.4 is 0 Å². The summed E-state index contributed by atoms with van der Waals surface area (Å²) in [5.41, 5.74) is 2.07. The molecule has 5 heteroatoms. The van der Waals surface area contributed by atoms with Crippen molar-refractivity contribution in [3.8, 4) is 11.4 Å². The number of benzene rings is 1. The first-order valence-electron chi connectivity index (χ1n) is 5.41. The number of thioether (sulfide) groups is 1. The van der Waals surface area contributed by atoms with Gasteiger partial charge in [-0.2, -0.15) is 0 Å². The Balaban J connectivity index is 2.14. The summed E-state index contributed by atoms with van der Waals surface area (Å²) in [6.07, 6.45) is 5.27. The molecule has 0 unspecified atom stereocenters. The van der Waals surface area contributed by atoms with Gasteiger partial charge in [0.05, 0.1) is 22.8 Å². The quantitative estimate of drug-likeness (QED) is 0.716. The number of aromatic amines is 1. The van der Waals surface area contributed by atoms with Crippen LogP contribution >= 0.6 is 11.8 Å². The highest BCUT2D eigenvalue weighted by atomic mass is 32.2. The van der Waals surface area contributed by atoms with Crippen molar-refractivity contribution in [2.24, 2.45) is 0 Å². The van der Waals surface area contributed by atoms with Crippen LogP contribution in [0.4, 0.5) is 4.39 Å². The predicted octanol–water partition coefficient (Wildman–Crippen LogP) is 3.49. The number of nitrogens with one attached hydrogen (secondary N) is 1. The number of rotatable bonds is 2. The third-order valence-corrected chi connectivity index (χ3v) is 3.44. The van der Waals surface area contributed by atoms with E-state index in [2.05, 4.69) is 15.0 Å². The van der Waals surface area contributed by atoms with Crippen LogP contribution in [0.2, 0.25) is 0 Å². The molecule has 0 saturated heterocycles. The number of hydrogen-bond donors (Lipinski definition) is 1. The fraction of sp³-hybridized carbons (Fsp3) is 0.0769. The highest BCUT2D eigenvalue weighted by Gasteiger charge is 2.10. The lowest BCUT2D eigenvalue weighted by molar-refractivity contribution is 0.627. The summed E-state index contributed by atoms with van der Waals surface area (Å²) < 4.78 is 14.0.